The van der Waals surface area contributed by atoms with Crippen LogP contribution in [0.15, 0.2) is 121 Å². The van der Waals surface area contributed by atoms with Gasteiger partial charge in [0, 0.05) is 32.8 Å². The quantitative estimate of drug-likeness (QED) is 0.247. The lowest BCUT2D eigenvalue weighted by atomic mass is 10.1. The molecule has 0 aliphatic heterocycles. The van der Waals surface area contributed by atoms with Crippen molar-refractivity contribution in [3.8, 4) is 17.1 Å². The van der Waals surface area contributed by atoms with E-state index in [1.165, 1.54) is 32.6 Å². The lowest BCUT2D eigenvalue weighted by Gasteiger charge is -2.11. The zero-order valence-electron chi connectivity index (χ0n) is 19.3. The third kappa shape index (κ3) is 2.58. The Balaban J connectivity index is 1.36. The van der Waals surface area contributed by atoms with E-state index in [4.69, 9.17) is 0 Å². The van der Waals surface area contributed by atoms with Crippen LogP contribution in [0.1, 0.15) is 0 Å². The highest BCUT2D eigenvalue weighted by molar-refractivity contribution is 6.12. The van der Waals surface area contributed by atoms with E-state index >= 15 is 0 Å². The van der Waals surface area contributed by atoms with Gasteiger partial charge in [0.2, 0.25) is 0 Å². The molecular formula is C32H20N4. The maximum Gasteiger partial charge on any atom is 0.169 e. The largest absolute Gasteiger partial charge is 0.309 e. The first-order valence-electron chi connectivity index (χ1n) is 12.1. The monoisotopic (exact) mass is 460 g/mol. The molecule has 36 heavy (non-hydrogen) atoms. The number of fused-ring (bicyclic) bond motifs is 9. The Kier molecular flexibility index (Phi) is 3.91. The Morgan fingerprint density at radius 2 is 0.917 bits per heavy atom. The van der Waals surface area contributed by atoms with Crippen LogP contribution in [0.4, 0.5) is 0 Å². The Morgan fingerprint density at radius 1 is 0.417 bits per heavy atom. The number of benzene rings is 5. The van der Waals surface area contributed by atoms with Crippen molar-refractivity contribution >= 4 is 49.1 Å². The molecule has 0 N–H and O–H groups in total. The minimum Gasteiger partial charge on any atom is -0.309 e. The fraction of sp³-hybridized carbons (Fsp3) is 0. The summed E-state index contributed by atoms with van der Waals surface area (Å²) < 4.78 is 4.52. The Bertz CT molecular complexity index is 2040. The van der Waals surface area contributed by atoms with Gasteiger partial charge >= 0.3 is 0 Å². The topological polar surface area (TPSA) is 35.1 Å². The molecule has 3 aromatic heterocycles. The highest BCUT2D eigenvalue weighted by Gasteiger charge is 2.16. The number of rotatable bonds is 2. The van der Waals surface area contributed by atoms with Gasteiger partial charge in [0.25, 0.3) is 0 Å². The Hall–Kier alpha value is -4.96. The summed E-state index contributed by atoms with van der Waals surface area (Å²) in [7, 11) is 0. The van der Waals surface area contributed by atoms with Gasteiger partial charge < -0.3 is 4.57 Å². The van der Waals surface area contributed by atoms with E-state index in [2.05, 4.69) is 140 Å². The van der Waals surface area contributed by atoms with E-state index < -0.39 is 0 Å². The minimum atomic E-state index is 0.848. The number of pyridine rings is 1. The average Bonchev–Trinajstić information content (AvgIpc) is 3.54. The summed E-state index contributed by atoms with van der Waals surface area (Å²) in [5.41, 5.74) is 6.56. The molecule has 0 aliphatic carbocycles. The molecule has 0 saturated heterocycles. The highest BCUT2D eigenvalue weighted by Crippen LogP contribution is 2.34. The van der Waals surface area contributed by atoms with E-state index in [9.17, 15) is 0 Å². The van der Waals surface area contributed by atoms with E-state index in [1.54, 1.807) is 0 Å². The highest BCUT2D eigenvalue weighted by atomic mass is 15.2. The van der Waals surface area contributed by atoms with Crippen molar-refractivity contribution in [3.63, 3.8) is 0 Å². The summed E-state index contributed by atoms with van der Waals surface area (Å²) in [4.78, 5) is 0. The number of para-hydroxylation sites is 3. The molecule has 0 spiro atoms. The first-order chi connectivity index (χ1) is 17.9. The number of hydrogen-bond acceptors (Lipinski definition) is 2. The lowest BCUT2D eigenvalue weighted by Crippen LogP contribution is -1.96. The maximum absolute atomic E-state index is 4.66. The number of aromatic nitrogens is 4. The van der Waals surface area contributed by atoms with Crippen LogP contribution >= 0.6 is 0 Å². The van der Waals surface area contributed by atoms with Crippen molar-refractivity contribution in [2.24, 2.45) is 0 Å². The minimum absolute atomic E-state index is 0.848. The van der Waals surface area contributed by atoms with Gasteiger partial charge in [-0.1, -0.05) is 78.9 Å². The third-order valence-electron chi connectivity index (χ3n) is 7.23. The van der Waals surface area contributed by atoms with Crippen molar-refractivity contribution in [2.45, 2.75) is 0 Å². The van der Waals surface area contributed by atoms with Crippen molar-refractivity contribution in [3.05, 3.63) is 121 Å². The molecule has 0 atom stereocenters. The normalized spacial score (nSPS) is 11.9. The molecule has 4 nitrogen and oxygen atoms in total. The summed E-state index contributed by atoms with van der Waals surface area (Å²) in [6.45, 7) is 0. The Morgan fingerprint density at radius 3 is 1.56 bits per heavy atom. The van der Waals surface area contributed by atoms with E-state index in [0.29, 0.717) is 0 Å². The molecule has 5 aromatic carbocycles. The van der Waals surface area contributed by atoms with Crippen LogP contribution in [0.3, 0.4) is 0 Å². The van der Waals surface area contributed by atoms with Gasteiger partial charge in [-0.25, -0.2) is 0 Å². The van der Waals surface area contributed by atoms with Gasteiger partial charge in [0.1, 0.15) is 0 Å². The van der Waals surface area contributed by atoms with Crippen molar-refractivity contribution < 1.29 is 0 Å². The van der Waals surface area contributed by atoms with E-state index in [1.807, 2.05) is 0 Å². The predicted octanol–water partition coefficient (Wildman–Crippen LogP) is 7.80. The number of nitrogens with zero attached hydrogens (tertiary/aromatic N) is 4. The molecule has 8 rings (SSSR count). The summed E-state index contributed by atoms with van der Waals surface area (Å²) >= 11 is 0. The average molecular weight is 461 g/mol. The summed E-state index contributed by atoms with van der Waals surface area (Å²) in [5, 5.41) is 15.3. The van der Waals surface area contributed by atoms with Crippen LogP contribution < -0.4 is 0 Å². The van der Waals surface area contributed by atoms with Gasteiger partial charge in [-0.2, -0.15) is 0 Å². The second-order valence-electron chi connectivity index (χ2n) is 9.16. The molecule has 4 heteroatoms. The molecule has 0 aliphatic rings. The molecule has 0 fully saturated rings. The molecule has 3 heterocycles. The van der Waals surface area contributed by atoms with Crippen LogP contribution in [0, 0.1) is 0 Å². The molecule has 0 bridgehead atoms. The summed E-state index contributed by atoms with van der Waals surface area (Å²) in [6.07, 6.45) is 0. The van der Waals surface area contributed by atoms with Crippen molar-refractivity contribution in [2.75, 3.05) is 0 Å². The van der Waals surface area contributed by atoms with Gasteiger partial charge in [0.05, 0.1) is 16.6 Å². The van der Waals surface area contributed by atoms with Gasteiger partial charge in [-0.05, 0) is 47.9 Å². The molecule has 0 amide bonds. The molecular weight excluding hydrogens is 440 g/mol. The summed E-state index contributed by atoms with van der Waals surface area (Å²) in [6, 6.07) is 42.7. The third-order valence-corrected chi connectivity index (χ3v) is 7.23. The standard InChI is InChI=1S/C32H20N4/c1-2-13-27-23(9-1)24-10-3-8-16-30(24)36-31(33-34-32(27)36)21-17-19-22(20-18-21)35-28-14-6-4-11-25(28)26-12-5-7-15-29(26)35/h1-20H. The SMILES string of the molecule is c1ccc2c(c1)c1ccccc1n1c(-c3ccc(-n4c5ccccc5c5ccccc54)cc3)nnc21. The predicted molar refractivity (Wildman–Crippen MR) is 148 cm³/mol. The van der Waals surface area contributed by atoms with Gasteiger partial charge in [0.15, 0.2) is 11.5 Å². The molecule has 0 saturated carbocycles. The summed E-state index contributed by atoms with van der Waals surface area (Å²) in [5.74, 6) is 0.848. The van der Waals surface area contributed by atoms with Crippen LogP contribution in [-0.4, -0.2) is 19.2 Å². The fourth-order valence-electron chi connectivity index (χ4n) is 5.64. The lowest BCUT2D eigenvalue weighted by molar-refractivity contribution is 1.11. The maximum atomic E-state index is 4.66. The smallest absolute Gasteiger partial charge is 0.169 e. The van der Waals surface area contributed by atoms with Gasteiger partial charge in [-0.15, -0.1) is 10.2 Å². The first kappa shape index (κ1) is 19.4. The number of hydrogen-bond donors (Lipinski definition) is 0. The molecule has 0 unspecified atom stereocenters. The molecule has 8 aromatic rings. The van der Waals surface area contributed by atoms with Crippen LogP contribution in [0.25, 0.3) is 66.2 Å². The second kappa shape index (κ2) is 7.27. The Labute approximate surface area is 206 Å². The van der Waals surface area contributed by atoms with Crippen molar-refractivity contribution in [1.29, 1.82) is 0 Å². The zero-order chi connectivity index (χ0) is 23.6. The molecule has 168 valence electrons. The molecule has 0 radical (unpaired) electrons. The fourth-order valence-corrected chi connectivity index (χ4v) is 5.64. The zero-order valence-corrected chi connectivity index (χ0v) is 19.3. The van der Waals surface area contributed by atoms with E-state index in [0.717, 1.165) is 33.6 Å². The van der Waals surface area contributed by atoms with E-state index in [-0.39, 0.29) is 0 Å². The second-order valence-corrected chi connectivity index (χ2v) is 9.16. The van der Waals surface area contributed by atoms with Crippen LogP contribution in [-0.2, 0) is 0 Å². The first-order valence-corrected chi connectivity index (χ1v) is 12.1. The van der Waals surface area contributed by atoms with Crippen LogP contribution in [0.5, 0.6) is 0 Å². The van der Waals surface area contributed by atoms with Gasteiger partial charge in [-0.3, -0.25) is 4.40 Å². The van der Waals surface area contributed by atoms with Crippen LogP contribution in [0.2, 0.25) is 0 Å². The van der Waals surface area contributed by atoms with Crippen molar-refractivity contribution in [1.82, 2.24) is 19.2 Å².